The zero-order valence-electron chi connectivity index (χ0n) is 31.6. The fraction of sp³-hybridized carbons (Fsp3) is 0.357. The van der Waals surface area contributed by atoms with Gasteiger partial charge in [-0.25, -0.2) is 9.18 Å². The number of ether oxygens (including phenoxy) is 1. The maximum absolute atomic E-state index is 14.3. The Morgan fingerprint density at radius 1 is 1.09 bits per heavy atom. The Hall–Kier alpha value is -4.38. The van der Waals surface area contributed by atoms with E-state index in [1.54, 1.807) is 35.7 Å². The highest BCUT2D eigenvalue weighted by atomic mass is 35.5. The molecule has 0 atom stereocenters. The Bertz CT molecular complexity index is 2060. The third kappa shape index (κ3) is 9.99. The Morgan fingerprint density at radius 3 is 2.57 bits per heavy atom. The average Bonchev–Trinajstić information content (AvgIpc) is 3.47. The van der Waals surface area contributed by atoms with Crippen LogP contribution in [0, 0.1) is 5.82 Å². The first-order valence-corrected chi connectivity index (χ1v) is 19.8. The van der Waals surface area contributed by atoms with E-state index in [1.807, 2.05) is 82.2 Å². The van der Waals surface area contributed by atoms with E-state index in [2.05, 4.69) is 16.2 Å². The predicted octanol–water partition coefficient (Wildman–Crippen LogP) is 10.9. The van der Waals surface area contributed by atoms with E-state index < -0.39 is 5.97 Å². The highest BCUT2D eigenvalue weighted by molar-refractivity contribution is 7.98. The summed E-state index contributed by atoms with van der Waals surface area (Å²) in [6.45, 7) is 11.5. The Kier molecular flexibility index (Phi) is 15.8. The molecule has 0 radical (unpaired) electrons. The van der Waals surface area contributed by atoms with Crippen LogP contribution < -0.4 is 10.5 Å². The Labute approximate surface area is 321 Å². The van der Waals surface area contributed by atoms with Gasteiger partial charge >= 0.3 is 5.97 Å². The van der Waals surface area contributed by atoms with Crippen molar-refractivity contribution in [3.63, 3.8) is 0 Å². The van der Waals surface area contributed by atoms with Crippen molar-refractivity contribution in [3.05, 3.63) is 105 Å². The molecule has 5 aromatic rings. The maximum atomic E-state index is 14.3. The molecular weight excluding hydrogens is 709 g/mol. The van der Waals surface area contributed by atoms with Crippen molar-refractivity contribution in [1.29, 1.82) is 0 Å². The second kappa shape index (κ2) is 20.2. The first kappa shape index (κ1) is 41.4. The largest absolute Gasteiger partial charge is 0.493 e. The van der Waals surface area contributed by atoms with Gasteiger partial charge in [0.15, 0.2) is 0 Å². The molecule has 1 saturated heterocycles. The monoisotopic (exact) mass is 759 g/mol. The van der Waals surface area contributed by atoms with E-state index >= 15 is 0 Å². The number of aromatic nitrogens is 2. The quantitative estimate of drug-likeness (QED) is 0.0741. The second-order valence-corrected chi connectivity index (χ2v) is 13.5. The zero-order valence-corrected chi connectivity index (χ0v) is 33.2. The van der Waals surface area contributed by atoms with Crippen LogP contribution >= 0.6 is 23.4 Å². The topological polar surface area (TPSA) is 106 Å². The first-order chi connectivity index (χ1) is 25.8. The van der Waals surface area contributed by atoms with Gasteiger partial charge in [0.05, 0.1) is 17.8 Å². The van der Waals surface area contributed by atoms with Crippen LogP contribution in [-0.2, 0) is 25.8 Å². The Morgan fingerprint density at radius 2 is 1.87 bits per heavy atom. The van der Waals surface area contributed by atoms with Gasteiger partial charge in [-0.3, -0.25) is 9.99 Å². The summed E-state index contributed by atoms with van der Waals surface area (Å²) in [4.78, 5) is 17.9. The fourth-order valence-corrected chi connectivity index (χ4v) is 7.57. The summed E-state index contributed by atoms with van der Waals surface area (Å²) in [6, 6.07) is 16.3. The lowest BCUT2D eigenvalue weighted by Crippen LogP contribution is -2.22. The minimum absolute atomic E-state index is 0.234. The molecule has 6 rings (SSSR count). The van der Waals surface area contributed by atoms with E-state index in [-0.39, 0.29) is 11.5 Å². The molecule has 0 unspecified atom stereocenters. The molecule has 0 bridgehead atoms. The van der Waals surface area contributed by atoms with Crippen molar-refractivity contribution in [2.45, 2.75) is 83.9 Å². The number of thioether (sulfide) groups is 1. The van der Waals surface area contributed by atoms with Crippen molar-refractivity contribution in [3.8, 4) is 5.75 Å². The smallest absolute Gasteiger partial charge is 0.352 e. The molecule has 2 aromatic heterocycles. The number of carbonyl (C=O) groups is 1. The molecule has 11 heteroatoms. The number of pyridine rings is 1. The van der Waals surface area contributed by atoms with Crippen LogP contribution in [0.5, 0.6) is 5.75 Å². The summed E-state index contributed by atoms with van der Waals surface area (Å²) in [5.41, 5.74) is 11.2. The molecule has 0 aliphatic carbocycles. The molecule has 8 nitrogen and oxygen atoms in total. The van der Waals surface area contributed by atoms with Gasteiger partial charge in [-0.05, 0) is 104 Å². The molecule has 1 aliphatic rings. The number of hydrazone groups is 1. The van der Waals surface area contributed by atoms with Crippen molar-refractivity contribution in [2.75, 3.05) is 13.2 Å². The third-order valence-corrected chi connectivity index (χ3v) is 10.2. The number of aryl methyl sites for hydroxylation is 2. The number of nitrogens with zero attached hydrogens (tertiary/aromatic N) is 4. The van der Waals surface area contributed by atoms with Crippen LogP contribution in [0.4, 0.5) is 4.39 Å². The lowest BCUT2D eigenvalue weighted by atomic mass is 10.0. The molecule has 3 heterocycles. The Balaban J connectivity index is 0.00000152. The highest BCUT2D eigenvalue weighted by Gasteiger charge is 2.24. The van der Waals surface area contributed by atoms with Gasteiger partial charge in [0, 0.05) is 70.3 Å². The second-order valence-electron chi connectivity index (χ2n) is 12.0. The van der Waals surface area contributed by atoms with Crippen molar-refractivity contribution in [1.82, 2.24) is 14.6 Å². The number of carboxylic acid groups (broad SMARTS) is 1. The zero-order chi connectivity index (χ0) is 38.5. The molecule has 282 valence electrons. The van der Waals surface area contributed by atoms with E-state index in [4.69, 9.17) is 22.1 Å². The number of piperidine rings is 1. The van der Waals surface area contributed by atoms with Crippen LogP contribution in [0.25, 0.3) is 27.8 Å². The molecule has 3 aromatic carbocycles. The number of rotatable bonds is 12. The van der Waals surface area contributed by atoms with Gasteiger partial charge in [0.1, 0.15) is 17.3 Å². The van der Waals surface area contributed by atoms with E-state index in [9.17, 15) is 14.3 Å². The van der Waals surface area contributed by atoms with Gasteiger partial charge in [0.25, 0.3) is 0 Å². The average molecular weight is 760 g/mol. The molecule has 0 spiro atoms. The summed E-state index contributed by atoms with van der Waals surface area (Å²) in [6.07, 6.45) is 9.69. The van der Waals surface area contributed by atoms with E-state index in [0.717, 1.165) is 80.5 Å². The van der Waals surface area contributed by atoms with E-state index in [1.165, 1.54) is 12.1 Å². The lowest BCUT2D eigenvalue weighted by molar-refractivity contribution is 0.0685. The standard InChI is InChI=1S/C38H39ClFN5O3S.2C2H6/c1-3-43-45-15-5-4-7-28(45)19-33-34(39)14-13-32-31(37(38(46)47)44(2)36(32)33)8-6-16-48-35-20-29(18-25-17-26(40)10-12-30(25)35)49-23-24-9-11-27(21-41)42-22-24;2*1-2/h3,9-14,17-20,22H,4-8,15-16,21,23,41H2,1-2H3,(H,46,47);2*1-2H3/b28-19+,43-3+;;. The van der Waals surface area contributed by atoms with Crippen molar-refractivity contribution in [2.24, 2.45) is 17.9 Å². The summed E-state index contributed by atoms with van der Waals surface area (Å²) in [5.74, 6) is 0.0259. The number of fused-ring (bicyclic) bond motifs is 2. The van der Waals surface area contributed by atoms with Crippen LogP contribution in [0.2, 0.25) is 5.02 Å². The molecular formula is C42H51ClFN5O3S. The molecule has 1 fully saturated rings. The maximum Gasteiger partial charge on any atom is 0.352 e. The summed E-state index contributed by atoms with van der Waals surface area (Å²) >= 11 is 8.40. The number of hydrogen-bond donors (Lipinski definition) is 2. The first-order valence-electron chi connectivity index (χ1n) is 18.4. The lowest BCUT2D eigenvalue weighted by Gasteiger charge is -2.27. The summed E-state index contributed by atoms with van der Waals surface area (Å²) < 4.78 is 22.3. The third-order valence-electron chi connectivity index (χ3n) is 8.78. The number of nitrogens with two attached hydrogens (primary N) is 1. The van der Waals surface area contributed by atoms with Crippen LogP contribution in [0.1, 0.15) is 93.2 Å². The van der Waals surface area contributed by atoms with Gasteiger partial charge in [0.2, 0.25) is 0 Å². The summed E-state index contributed by atoms with van der Waals surface area (Å²) in [7, 11) is 1.78. The number of carboxylic acids is 1. The SMILES string of the molecule is C/C=N/N1CCCC/C1=C\c1c(Cl)ccc2c(CCCOc3cc(SCc4ccc(CN)nc4)cc4cc(F)ccc34)c(C(=O)O)n(C)c12.CC.CC. The number of hydrogen-bond acceptors (Lipinski definition) is 7. The van der Waals surface area contributed by atoms with Gasteiger partial charge in [-0.1, -0.05) is 51.4 Å². The molecule has 53 heavy (non-hydrogen) atoms. The van der Waals surface area contributed by atoms with Crippen LogP contribution in [0.15, 0.2) is 76.5 Å². The number of allylic oxidation sites excluding steroid dienone is 1. The van der Waals surface area contributed by atoms with Crippen LogP contribution in [0.3, 0.4) is 0 Å². The van der Waals surface area contributed by atoms with Gasteiger partial charge in [-0.2, -0.15) is 5.10 Å². The molecule has 3 N–H and O–H groups in total. The normalized spacial score (nSPS) is 13.6. The molecule has 0 saturated carbocycles. The number of halogens is 2. The van der Waals surface area contributed by atoms with Gasteiger partial charge in [-0.15, -0.1) is 11.8 Å². The highest BCUT2D eigenvalue weighted by Crippen LogP contribution is 2.37. The number of benzene rings is 3. The predicted molar refractivity (Wildman–Crippen MR) is 220 cm³/mol. The van der Waals surface area contributed by atoms with Crippen molar-refractivity contribution >= 4 is 63.3 Å². The summed E-state index contributed by atoms with van der Waals surface area (Å²) in [5, 5.41) is 19.8. The van der Waals surface area contributed by atoms with E-state index in [0.29, 0.717) is 42.5 Å². The van der Waals surface area contributed by atoms with Gasteiger partial charge < -0.3 is 20.1 Å². The van der Waals surface area contributed by atoms with Crippen molar-refractivity contribution < 1.29 is 19.0 Å². The molecule has 1 aliphatic heterocycles. The number of aromatic carboxylic acids is 1. The fourth-order valence-electron chi connectivity index (χ4n) is 6.46. The minimum Gasteiger partial charge on any atom is -0.493 e. The molecule has 0 amide bonds. The van der Waals surface area contributed by atoms with Crippen LogP contribution in [-0.4, -0.2) is 45.0 Å². The minimum atomic E-state index is -0.996.